The molecule has 1 aromatic heterocycles. The molecule has 0 amide bonds. The van der Waals surface area contributed by atoms with Gasteiger partial charge in [-0.3, -0.25) is 5.10 Å². The van der Waals surface area contributed by atoms with Gasteiger partial charge in [0.05, 0.1) is 11.7 Å². The maximum Gasteiger partial charge on any atom is 0.0651 e. The number of nitrogens with one attached hydrogen (secondary N) is 2. The first-order valence-electron chi connectivity index (χ1n) is 7.80. The number of anilines is 1. The van der Waals surface area contributed by atoms with Crippen LogP contribution in [0.25, 0.3) is 10.9 Å². The van der Waals surface area contributed by atoms with Gasteiger partial charge in [-0.25, -0.2) is 0 Å². The molecule has 4 nitrogen and oxygen atoms in total. The predicted molar refractivity (Wildman–Crippen MR) is 82.1 cm³/mol. The fourth-order valence-corrected chi connectivity index (χ4v) is 3.30. The Morgan fingerprint density at radius 3 is 3.10 bits per heavy atom. The van der Waals surface area contributed by atoms with Crippen LogP contribution < -0.4 is 10.2 Å². The number of fused-ring (bicyclic) bond motifs is 1. The number of hydrogen-bond donors (Lipinski definition) is 2. The molecule has 0 spiro atoms. The Balaban J connectivity index is 1.55. The standard InChI is InChI=1S/C16H22N4/c1-2-12(1)3-4-15-11-17-7-8-20(15)14-5-6-16-13(9-14)10-18-19-16/h5-6,9-10,12,15,17H,1-4,7-8,11H2,(H,18,19)/t15-/m0/s1. The van der Waals surface area contributed by atoms with Crippen molar-refractivity contribution in [3.63, 3.8) is 0 Å². The number of nitrogens with zero attached hydrogens (tertiary/aromatic N) is 2. The molecular formula is C16H22N4. The van der Waals surface area contributed by atoms with Crippen molar-refractivity contribution in [2.24, 2.45) is 5.92 Å². The fraction of sp³-hybridized carbons (Fsp3) is 0.562. The highest BCUT2D eigenvalue weighted by Gasteiger charge is 2.27. The van der Waals surface area contributed by atoms with Crippen molar-refractivity contribution in [3.8, 4) is 0 Å². The van der Waals surface area contributed by atoms with E-state index in [1.807, 2.05) is 6.20 Å². The third kappa shape index (κ3) is 2.40. The van der Waals surface area contributed by atoms with Gasteiger partial charge >= 0.3 is 0 Å². The van der Waals surface area contributed by atoms with Crippen LogP contribution in [0.5, 0.6) is 0 Å². The summed E-state index contributed by atoms with van der Waals surface area (Å²) < 4.78 is 0. The highest BCUT2D eigenvalue weighted by Crippen LogP contribution is 2.35. The summed E-state index contributed by atoms with van der Waals surface area (Å²) in [5, 5.41) is 11.9. The van der Waals surface area contributed by atoms with Crippen LogP contribution in [-0.4, -0.2) is 35.9 Å². The van der Waals surface area contributed by atoms with Gasteiger partial charge in [0, 0.05) is 36.7 Å². The zero-order chi connectivity index (χ0) is 13.4. The summed E-state index contributed by atoms with van der Waals surface area (Å²) >= 11 is 0. The molecule has 2 fully saturated rings. The molecule has 4 heteroatoms. The number of hydrogen-bond acceptors (Lipinski definition) is 3. The van der Waals surface area contributed by atoms with E-state index in [9.17, 15) is 0 Å². The molecule has 1 saturated carbocycles. The molecule has 0 radical (unpaired) electrons. The molecule has 1 saturated heterocycles. The molecule has 1 atom stereocenters. The van der Waals surface area contributed by atoms with E-state index in [-0.39, 0.29) is 0 Å². The monoisotopic (exact) mass is 270 g/mol. The highest BCUT2D eigenvalue weighted by molar-refractivity contribution is 5.82. The molecule has 20 heavy (non-hydrogen) atoms. The number of aromatic nitrogens is 2. The average Bonchev–Trinajstić information content (AvgIpc) is 3.20. The zero-order valence-corrected chi connectivity index (χ0v) is 11.8. The summed E-state index contributed by atoms with van der Waals surface area (Å²) in [5.41, 5.74) is 2.47. The number of benzene rings is 1. The predicted octanol–water partition coefficient (Wildman–Crippen LogP) is 2.53. The lowest BCUT2D eigenvalue weighted by molar-refractivity contribution is 0.436. The molecule has 2 N–H and O–H groups in total. The third-order valence-corrected chi connectivity index (χ3v) is 4.71. The van der Waals surface area contributed by atoms with Crippen LogP contribution in [0.4, 0.5) is 5.69 Å². The maximum absolute atomic E-state index is 4.12. The van der Waals surface area contributed by atoms with Crippen molar-refractivity contribution in [2.75, 3.05) is 24.5 Å². The van der Waals surface area contributed by atoms with Crippen molar-refractivity contribution < 1.29 is 0 Å². The van der Waals surface area contributed by atoms with Crippen LogP contribution in [0.1, 0.15) is 25.7 Å². The Kier molecular flexibility index (Phi) is 3.11. The van der Waals surface area contributed by atoms with Gasteiger partial charge in [0.15, 0.2) is 0 Å². The Hall–Kier alpha value is -1.55. The molecule has 1 aliphatic heterocycles. The second-order valence-electron chi connectivity index (χ2n) is 6.21. The van der Waals surface area contributed by atoms with E-state index in [0.29, 0.717) is 6.04 Å². The molecule has 0 unspecified atom stereocenters. The van der Waals surface area contributed by atoms with Gasteiger partial charge < -0.3 is 10.2 Å². The lowest BCUT2D eigenvalue weighted by atomic mass is 10.0. The summed E-state index contributed by atoms with van der Waals surface area (Å²) in [7, 11) is 0. The molecule has 1 aromatic carbocycles. The van der Waals surface area contributed by atoms with Crippen LogP contribution in [0.2, 0.25) is 0 Å². The summed E-state index contributed by atoms with van der Waals surface area (Å²) in [5.74, 6) is 1.02. The number of rotatable bonds is 4. The topological polar surface area (TPSA) is 44.0 Å². The summed E-state index contributed by atoms with van der Waals surface area (Å²) in [6.07, 6.45) is 7.56. The molecule has 2 aromatic rings. The van der Waals surface area contributed by atoms with Gasteiger partial charge in [-0.05, 0) is 37.0 Å². The molecule has 106 valence electrons. The normalized spacial score (nSPS) is 23.4. The van der Waals surface area contributed by atoms with Crippen LogP contribution in [0, 0.1) is 5.92 Å². The molecule has 0 bridgehead atoms. The van der Waals surface area contributed by atoms with Crippen LogP contribution in [0.3, 0.4) is 0 Å². The Bertz CT molecular complexity index is 587. The van der Waals surface area contributed by atoms with Gasteiger partial charge in [-0.2, -0.15) is 5.10 Å². The van der Waals surface area contributed by atoms with E-state index < -0.39 is 0 Å². The maximum atomic E-state index is 4.12. The second-order valence-corrected chi connectivity index (χ2v) is 6.21. The largest absolute Gasteiger partial charge is 0.366 e. The number of aromatic amines is 1. The number of piperazine rings is 1. The lowest BCUT2D eigenvalue weighted by Gasteiger charge is -2.38. The molecule has 2 aliphatic rings. The average molecular weight is 270 g/mol. The minimum atomic E-state index is 0.647. The minimum Gasteiger partial charge on any atom is -0.366 e. The van der Waals surface area contributed by atoms with Crippen LogP contribution in [0.15, 0.2) is 24.4 Å². The van der Waals surface area contributed by atoms with E-state index in [1.54, 1.807) is 0 Å². The van der Waals surface area contributed by atoms with E-state index in [1.165, 1.54) is 36.8 Å². The van der Waals surface area contributed by atoms with Gasteiger partial charge in [-0.1, -0.05) is 12.8 Å². The van der Waals surface area contributed by atoms with E-state index in [0.717, 1.165) is 31.1 Å². The van der Waals surface area contributed by atoms with Crippen molar-refractivity contribution in [2.45, 2.75) is 31.7 Å². The molecule has 1 aliphatic carbocycles. The Morgan fingerprint density at radius 2 is 2.20 bits per heavy atom. The van der Waals surface area contributed by atoms with Gasteiger partial charge in [0.1, 0.15) is 0 Å². The van der Waals surface area contributed by atoms with Crippen LogP contribution >= 0.6 is 0 Å². The van der Waals surface area contributed by atoms with Gasteiger partial charge in [-0.15, -0.1) is 0 Å². The second kappa shape index (κ2) is 5.09. The van der Waals surface area contributed by atoms with E-state index in [2.05, 4.69) is 38.6 Å². The first kappa shape index (κ1) is 12.2. The van der Waals surface area contributed by atoms with E-state index in [4.69, 9.17) is 0 Å². The van der Waals surface area contributed by atoms with E-state index >= 15 is 0 Å². The summed E-state index contributed by atoms with van der Waals surface area (Å²) in [6, 6.07) is 7.30. The SMILES string of the molecule is c1cc2[nH]ncc2cc1N1CCNC[C@@H]1CCC1CC1. The van der Waals surface area contributed by atoms with Crippen molar-refractivity contribution in [3.05, 3.63) is 24.4 Å². The van der Waals surface area contributed by atoms with Gasteiger partial charge in [0.2, 0.25) is 0 Å². The first-order chi connectivity index (χ1) is 9.90. The smallest absolute Gasteiger partial charge is 0.0651 e. The Labute approximate surface area is 119 Å². The minimum absolute atomic E-state index is 0.647. The summed E-state index contributed by atoms with van der Waals surface area (Å²) in [6.45, 7) is 3.32. The highest BCUT2D eigenvalue weighted by atomic mass is 15.2. The Morgan fingerprint density at radius 1 is 1.25 bits per heavy atom. The molecule has 4 rings (SSSR count). The first-order valence-corrected chi connectivity index (χ1v) is 7.80. The van der Waals surface area contributed by atoms with Crippen LogP contribution in [-0.2, 0) is 0 Å². The quantitative estimate of drug-likeness (QED) is 0.897. The summed E-state index contributed by atoms with van der Waals surface area (Å²) in [4.78, 5) is 2.59. The number of H-pyrrole nitrogens is 1. The van der Waals surface area contributed by atoms with Crippen molar-refractivity contribution >= 4 is 16.6 Å². The molecule has 2 heterocycles. The van der Waals surface area contributed by atoms with Crippen molar-refractivity contribution in [1.29, 1.82) is 0 Å². The zero-order valence-electron chi connectivity index (χ0n) is 11.8. The fourth-order valence-electron chi connectivity index (χ4n) is 3.30. The van der Waals surface area contributed by atoms with Crippen molar-refractivity contribution in [1.82, 2.24) is 15.5 Å². The molecular weight excluding hydrogens is 248 g/mol. The lowest BCUT2D eigenvalue weighted by Crippen LogP contribution is -2.51. The third-order valence-electron chi connectivity index (χ3n) is 4.71. The van der Waals surface area contributed by atoms with Gasteiger partial charge in [0.25, 0.3) is 0 Å².